The number of halogens is 3. The molecule has 0 bridgehead atoms. The molecule has 1 amide bonds. The van der Waals surface area contributed by atoms with E-state index in [9.17, 15) is 22.8 Å². The zero-order valence-electron chi connectivity index (χ0n) is 16.5. The highest BCUT2D eigenvalue weighted by molar-refractivity contribution is 5.98. The molecule has 1 N–H and O–H groups in total. The van der Waals surface area contributed by atoms with E-state index in [1.54, 1.807) is 4.90 Å². The average molecular weight is 453 g/mol. The lowest BCUT2D eigenvalue weighted by Gasteiger charge is -2.36. The van der Waals surface area contributed by atoms with Crippen LogP contribution in [0.5, 0.6) is 11.6 Å². The second-order valence-electron chi connectivity index (χ2n) is 7.30. The lowest BCUT2D eigenvalue weighted by atomic mass is 10.0. The summed E-state index contributed by atoms with van der Waals surface area (Å²) in [6.45, 7) is -0.408. The summed E-state index contributed by atoms with van der Waals surface area (Å²) in [5.74, 6) is -1.19. The van der Waals surface area contributed by atoms with Gasteiger partial charge in [-0.2, -0.15) is 13.2 Å². The number of anilines is 2. The van der Waals surface area contributed by atoms with Gasteiger partial charge >= 0.3 is 12.1 Å². The highest BCUT2D eigenvalue weighted by Crippen LogP contribution is 2.27. The highest BCUT2D eigenvalue weighted by Gasteiger charge is 2.36. The van der Waals surface area contributed by atoms with Gasteiger partial charge in [-0.25, -0.2) is 15.0 Å². The van der Waals surface area contributed by atoms with Crippen LogP contribution >= 0.6 is 0 Å². The summed E-state index contributed by atoms with van der Waals surface area (Å²) in [5, 5.41) is 8.94. The minimum atomic E-state index is -4.46. The summed E-state index contributed by atoms with van der Waals surface area (Å²) < 4.78 is 46.7. The normalized spacial score (nSPS) is 19.1. The van der Waals surface area contributed by atoms with Crippen molar-refractivity contribution in [1.82, 2.24) is 15.0 Å². The molecule has 2 aliphatic heterocycles. The Morgan fingerprint density at radius 3 is 2.47 bits per heavy atom. The molecule has 0 unspecified atom stereocenters. The number of hydrogen-bond donors (Lipinski definition) is 1. The Balaban J connectivity index is 1.31. The Kier molecular flexibility index (Phi) is 5.72. The van der Waals surface area contributed by atoms with Gasteiger partial charge in [-0.3, -0.25) is 9.59 Å². The van der Waals surface area contributed by atoms with E-state index < -0.39 is 30.8 Å². The number of alkyl halides is 3. The molecule has 170 valence electrons. The zero-order chi connectivity index (χ0) is 22.9. The fourth-order valence-corrected chi connectivity index (χ4v) is 3.28. The second kappa shape index (κ2) is 8.48. The molecule has 0 saturated carbocycles. The number of carboxylic acids is 1. The van der Waals surface area contributed by atoms with E-state index in [1.807, 2.05) is 0 Å². The number of carbonyl (C=O) groups excluding carboxylic acids is 1. The third-order valence-corrected chi connectivity index (χ3v) is 4.98. The second-order valence-corrected chi connectivity index (χ2v) is 7.30. The minimum Gasteiger partial charge on any atom is -0.481 e. The van der Waals surface area contributed by atoms with Gasteiger partial charge in [0.25, 0.3) is 5.91 Å². The lowest BCUT2D eigenvalue weighted by molar-refractivity contribution is -0.154. The van der Waals surface area contributed by atoms with Crippen molar-refractivity contribution < 1.29 is 37.3 Å². The Morgan fingerprint density at radius 2 is 1.88 bits per heavy atom. The summed E-state index contributed by atoms with van der Waals surface area (Å²) in [7, 11) is 0. The van der Waals surface area contributed by atoms with Gasteiger partial charge in [0.1, 0.15) is 5.75 Å². The predicted molar refractivity (Wildman–Crippen MR) is 103 cm³/mol. The van der Waals surface area contributed by atoms with E-state index in [0.29, 0.717) is 37.7 Å². The summed E-state index contributed by atoms with van der Waals surface area (Å²) in [6.07, 6.45) is -0.689. The summed E-state index contributed by atoms with van der Waals surface area (Å²) in [4.78, 5) is 39.0. The van der Waals surface area contributed by atoms with Crippen LogP contribution in [0.1, 0.15) is 6.42 Å². The van der Waals surface area contributed by atoms with Gasteiger partial charge in [-0.1, -0.05) is 0 Å². The fourth-order valence-electron chi connectivity index (χ4n) is 3.28. The zero-order valence-corrected chi connectivity index (χ0v) is 16.5. The largest absolute Gasteiger partial charge is 0.481 e. The number of amides is 1. The molecule has 2 aliphatic rings. The third kappa shape index (κ3) is 4.81. The van der Waals surface area contributed by atoms with Crippen molar-refractivity contribution in [3.63, 3.8) is 0 Å². The molecule has 0 radical (unpaired) electrons. The van der Waals surface area contributed by atoms with Crippen molar-refractivity contribution in [3.8, 4) is 11.6 Å². The first-order valence-electron chi connectivity index (χ1n) is 9.63. The quantitative estimate of drug-likeness (QED) is 0.666. The molecule has 13 heteroatoms. The standard InChI is InChI=1S/C19H18F3N5O5/c20-19(21,22)10-31-15-2-1-13(7-23-15)32-14-3-4-27(16(14)28)12-5-24-18(25-6-12)26-8-11(9-26)17(29)30/h1-2,5-7,11,14H,3-4,8-10H2,(H,29,30)/t14-/m1/s1. The SMILES string of the molecule is O=C(O)C1CN(c2ncc(N3CC[C@@H](Oc4ccc(OCC(F)(F)F)nc4)C3=O)cn2)C1. The van der Waals surface area contributed by atoms with Gasteiger partial charge in [-0.15, -0.1) is 0 Å². The fraction of sp³-hybridized carbons (Fsp3) is 0.421. The molecule has 10 nitrogen and oxygen atoms in total. The van der Waals surface area contributed by atoms with Crippen LogP contribution in [0.15, 0.2) is 30.7 Å². The molecule has 2 saturated heterocycles. The van der Waals surface area contributed by atoms with Crippen molar-refractivity contribution in [2.75, 3.05) is 36.0 Å². The van der Waals surface area contributed by atoms with Crippen LogP contribution in [0.4, 0.5) is 24.8 Å². The van der Waals surface area contributed by atoms with Gasteiger partial charge in [-0.05, 0) is 6.07 Å². The average Bonchev–Trinajstić information content (AvgIpc) is 3.06. The van der Waals surface area contributed by atoms with Crippen molar-refractivity contribution >= 4 is 23.5 Å². The first-order chi connectivity index (χ1) is 15.2. The van der Waals surface area contributed by atoms with Gasteiger partial charge in [0.2, 0.25) is 11.8 Å². The summed E-state index contributed by atoms with van der Waals surface area (Å²) in [6, 6.07) is 2.61. The lowest BCUT2D eigenvalue weighted by Crippen LogP contribution is -2.51. The summed E-state index contributed by atoms with van der Waals surface area (Å²) >= 11 is 0. The predicted octanol–water partition coefficient (Wildman–Crippen LogP) is 1.52. The maximum Gasteiger partial charge on any atom is 0.422 e. The van der Waals surface area contributed by atoms with Crippen molar-refractivity contribution in [2.45, 2.75) is 18.7 Å². The molecule has 4 rings (SSSR count). The monoisotopic (exact) mass is 453 g/mol. The number of nitrogens with zero attached hydrogens (tertiary/aromatic N) is 5. The Bertz CT molecular complexity index is 980. The third-order valence-electron chi connectivity index (χ3n) is 4.98. The number of pyridine rings is 1. The van der Waals surface area contributed by atoms with Gasteiger partial charge in [0.05, 0.1) is 30.2 Å². The van der Waals surface area contributed by atoms with Crippen LogP contribution in [0.25, 0.3) is 0 Å². The highest BCUT2D eigenvalue weighted by atomic mass is 19.4. The van der Waals surface area contributed by atoms with E-state index in [2.05, 4.69) is 19.7 Å². The molecule has 2 fully saturated rings. The molecule has 0 aromatic carbocycles. The van der Waals surface area contributed by atoms with Crippen LogP contribution in [0.2, 0.25) is 0 Å². The number of aliphatic carboxylic acids is 1. The van der Waals surface area contributed by atoms with E-state index in [-0.39, 0.29) is 17.5 Å². The molecule has 1 atom stereocenters. The molecule has 4 heterocycles. The number of aromatic nitrogens is 3. The van der Waals surface area contributed by atoms with Crippen LogP contribution in [-0.2, 0) is 9.59 Å². The van der Waals surface area contributed by atoms with E-state index in [4.69, 9.17) is 9.84 Å². The number of carbonyl (C=O) groups is 2. The van der Waals surface area contributed by atoms with Gasteiger partial charge in [0, 0.05) is 32.1 Å². The Hall–Kier alpha value is -3.64. The molecule has 0 spiro atoms. The first-order valence-corrected chi connectivity index (χ1v) is 9.63. The minimum absolute atomic E-state index is 0.205. The molecular weight excluding hydrogens is 435 g/mol. The van der Waals surface area contributed by atoms with Gasteiger partial charge < -0.3 is 24.4 Å². The number of carboxylic acid groups (broad SMARTS) is 1. The van der Waals surface area contributed by atoms with Crippen molar-refractivity contribution in [2.24, 2.45) is 5.92 Å². The molecule has 0 aliphatic carbocycles. The number of hydrogen-bond acceptors (Lipinski definition) is 8. The van der Waals surface area contributed by atoms with Crippen LogP contribution in [0, 0.1) is 5.92 Å². The number of ether oxygens (including phenoxy) is 2. The smallest absolute Gasteiger partial charge is 0.422 e. The van der Waals surface area contributed by atoms with E-state index in [1.165, 1.54) is 35.6 Å². The van der Waals surface area contributed by atoms with Crippen LogP contribution < -0.4 is 19.3 Å². The van der Waals surface area contributed by atoms with Crippen LogP contribution in [0.3, 0.4) is 0 Å². The Labute approximate surface area is 179 Å². The topological polar surface area (TPSA) is 118 Å². The first kappa shape index (κ1) is 21.6. The maximum atomic E-state index is 12.7. The van der Waals surface area contributed by atoms with E-state index in [0.717, 1.165) is 0 Å². The Morgan fingerprint density at radius 1 is 1.16 bits per heavy atom. The summed E-state index contributed by atoms with van der Waals surface area (Å²) in [5.41, 5.74) is 0.481. The van der Waals surface area contributed by atoms with Gasteiger partial charge in [0.15, 0.2) is 12.7 Å². The van der Waals surface area contributed by atoms with Crippen molar-refractivity contribution in [3.05, 3.63) is 30.7 Å². The van der Waals surface area contributed by atoms with Crippen LogP contribution in [-0.4, -0.2) is 70.5 Å². The molecule has 32 heavy (non-hydrogen) atoms. The van der Waals surface area contributed by atoms with Crippen molar-refractivity contribution in [1.29, 1.82) is 0 Å². The van der Waals surface area contributed by atoms with E-state index >= 15 is 0 Å². The maximum absolute atomic E-state index is 12.7. The number of rotatable bonds is 7. The molecular formula is C19H18F3N5O5. The molecule has 2 aromatic rings. The molecule has 2 aromatic heterocycles.